The minimum absolute atomic E-state index is 0.209. The summed E-state index contributed by atoms with van der Waals surface area (Å²) < 4.78 is 0. The summed E-state index contributed by atoms with van der Waals surface area (Å²) in [5, 5.41) is 9.02. The number of hydrogen-bond donors (Lipinski definition) is 1. The highest BCUT2D eigenvalue weighted by molar-refractivity contribution is 5.29. The Morgan fingerprint density at radius 1 is 1.14 bits per heavy atom. The topological polar surface area (TPSA) is 20.2 Å². The van der Waals surface area contributed by atoms with Crippen LogP contribution in [-0.2, 0) is 5.41 Å². The number of aliphatic hydroxyl groups is 1. The maximum atomic E-state index is 9.02. The zero-order chi connectivity index (χ0) is 10.8. The molecular formula is C13H20O. The second-order valence-electron chi connectivity index (χ2n) is 4.96. The van der Waals surface area contributed by atoms with Crippen molar-refractivity contribution < 1.29 is 5.11 Å². The third-order valence-electron chi connectivity index (χ3n) is 2.62. The molecular weight excluding hydrogens is 172 g/mol. The van der Waals surface area contributed by atoms with Gasteiger partial charge in [0.2, 0.25) is 0 Å². The lowest BCUT2D eigenvalue weighted by Crippen LogP contribution is -2.11. The van der Waals surface area contributed by atoms with Crippen LogP contribution in [0, 0.1) is 0 Å². The van der Waals surface area contributed by atoms with E-state index in [9.17, 15) is 0 Å². The van der Waals surface area contributed by atoms with Crippen LogP contribution in [0.15, 0.2) is 24.3 Å². The Balaban J connectivity index is 2.89. The zero-order valence-corrected chi connectivity index (χ0v) is 9.54. The molecule has 14 heavy (non-hydrogen) atoms. The molecule has 1 rings (SSSR count). The van der Waals surface area contributed by atoms with Crippen LogP contribution in [0.2, 0.25) is 0 Å². The first-order chi connectivity index (χ1) is 6.45. The van der Waals surface area contributed by atoms with Gasteiger partial charge in [-0.3, -0.25) is 0 Å². The molecule has 0 aliphatic rings. The molecule has 1 heteroatoms. The minimum atomic E-state index is 0.209. The monoisotopic (exact) mass is 192 g/mol. The predicted molar refractivity (Wildman–Crippen MR) is 60.6 cm³/mol. The van der Waals surface area contributed by atoms with Crippen LogP contribution < -0.4 is 0 Å². The van der Waals surface area contributed by atoms with E-state index >= 15 is 0 Å². The molecule has 1 nitrogen and oxygen atoms in total. The van der Waals surface area contributed by atoms with E-state index < -0.39 is 0 Å². The molecule has 0 aliphatic carbocycles. The Morgan fingerprint density at radius 3 is 2.00 bits per heavy atom. The molecule has 1 N–H and O–H groups in total. The van der Waals surface area contributed by atoms with Crippen LogP contribution in [0.25, 0.3) is 0 Å². The first-order valence-corrected chi connectivity index (χ1v) is 5.16. The molecule has 0 amide bonds. The highest BCUT2D eigenvalue weighted by Gasteiger charge is 2.13. The van der Waals surface area contributed by atoms with E-state index in [2.05, 4.69) is 45.0 Å². The number of hydrogen-bond acceptors (Lipinski definition) is 1. The van der Waals surface area contributed by atoms with Crippen LogP contribution in [0.5, 0.6) is 0 Å². The average molecular weight is 192 g/mol. The van der Waals surface area contributed by atoms with Gasteiger partial charge in [-0.2, -0.15) is 0 Å². The Labute approximate surface area is 86.8 Å². The fourth-order valence-electron chi connectivity index (χ4n) is 1.42. The summed E-state index contributed by atoms with van der Waals surface area (Å²) in [5.74, 6) is 0.240. The highest BCUT2D eigenvalue weighted by atomic mass is 16.3. The smallest absolute Gasteiger partial charge is 0.0497 e. The largest absolute Gasteiger partial charge is 0.396 e. The number of benzene rings is 1. The molecule has 0 aromatic heterocycles. The van der Waals surface area contributed by atoms with Gasteiger partial charge in [-0.1, -0.05) is 52.0 Å². The lowest BCUT2D eigenvalue weighted by molar-refractivity contribution is 0.273. The molecule has 0 aliphatic heterocycles. The van der Waals surface area contributed by atoms with Crippen LogP contribution in [-0.4, -0.2) is 11.7 Å². The first-order valence-electron chi connectivity index (χ1n) is 5.16. The van der Waals surface area contributed by atoms with Crippen molar-refractivity contribution in [1.82, 2.24) is 0 Å². The van der Waals surface area contributed by atoms with Crippen LogP contribution in [0.3, 0.4) is 0 Å². The highest BCUT2D eigenvalue weighted by Crippen LogP contribution is 2.24. The van der Waals surface area contributed by atoms with Crippen molar-refractivity contribution in [3.05, 3.63) is 35.4 Å². The van der Waals surface area contributed by atoms with Crippen LogP contribution in [0.4, 0.5) is 0 Å². The molecule has 0 radical (unpaired) electrons. The summed E-state index contributed by atoms with van der Waals surface area (Å²) in [5.41, 5.74) is 2.76. The Morgan fingerprint density at radius 2 is 1.64 bits per heavy atom. The molecule has 0 spiro atoms. The molecule has 1 atom stereocenters. The molecule has 1 aromatic rings. The van der Waals surface area contributed by atoms with Gasteiger partial charge < -0.3 is 5.11 Å². The van der Waals surface area contributed by atoms with Gasteiger partial charge in [-0.15, -0.1) is 0 Å². The SMILES string of the molecule is C[C@@H](CO)c1ccc(C(C)(C)C)cc1. The Kier molecular flexibility index (Phi) is 3.33. The van der Waals surface area contributed by atoms with Crippen molar-refractivity contribution in [2.24, 2.45) is 0 Å². The summed E-state index contributed by atoms with van der Waals surface area (Å²) in [6.45, 7) is 8.87. The third kappa shape index (κ3) is 2.58. The Bertz CT molecular complexity index is 279. The minimum Gasteiger partial charge on any atom is -0.396 e. The third-order valence-corrected chi connectivity index (χ3v) is 2.62. The van der Waals surface area contributed by atoms with Crippen molar-refractivity contribution in [2.45, 2.75) is 39.0 Å². The molecule has 0 saturated heterocycles. The maximum absolute atomic E-state index is 9.02. The second-order valence-corrected chi connectivity index (χ2v) is 4.96. The van der Waals surface area contributed by atoms with Gasteiger partial charge in [0, 0.05) is 12.5 Å². The van der Waals surface area contributed by atoms with Gasteiger partial charge in [0.05, 0.1) is 0 Å². The normalized spacial score (nSPS) is 14.1. The van der Waals surface area contributed by atoms with E-state index in [1.54, 1.807) is 0 Å². The van der Waals surface area contributed by atoms with E-state index in [0.29, 0.717) is 0 Å². The number of rotatable bonds is 2. The van der Waals surface area contributed by atoms with Gasteiger partial charge in [0.15, 0.2) is 0 Å². The van der Waals surface area contributed by atoms with Crippen molar-refractivity contribution in [1.29, 1.82) is 0 Å². The van der Waals surface area contributed by atoms with Crippen LogP contribution >= 0.6 is 0 Å². The van der Waals surface area contributed by atoms with Gasteiger partial charge >= 0.3 is 0 Å². The fraction of sp³-hybridized carbons (Fsp3) is 0.538. The van der Waals surface area contributed by atoms with Gasteiger partial charge in [0.1, 0.15) is 0 Å². The van der Waals surface area contributed by atoms with E-state index in [1.165, 1.54) is 11.1 Å². The molecule has 1 aromatic carbocycles. The summed E-state index contributed by atoms with van der Waals surface area (Å²) >= 11 is 0. The summed E-state index contributed by atoms with van der Waals surface area (Å²) in [6.07, 6.45) is 0. The molecule has 0 saturated carbocycles. The Hall–Kier alpha value is -0.820. The molecule has 0 unspecified atom stereocenters. The van der Waals surface area contributed by atoms with E-state index in [-0.39, 0.29) is 17.9 Å². The first kappa shape index (κ1) is 11.3. The van der Waals surface area contributed by atoms with Crippen molar-refractivity contribution in [2.75, 3.05) is 6.61 Å². The van der Waals surface area contributed by atoms with E-state index in [0.717, 1.165) is 0 Å². The second kappa shape index (κ2) is 4.14. The summed E-state index contributed by atoms with van der Waals surface area (Å²) in [7, 11) is 0. The van der Waals surface area contributed by atoms with Crippen molar-refractivity contribution >= 4 is 0 Å². The van der Waals surface area contributed by atoms with Gasteiger partial charge in [0.25, 0.3) is 0 Å². The molecule has 0 fully saturated rings. The van der Waals surface area contributed by atoms with Gasteiger partial charge in [-0.05, 0) is 16.5 Å². The number of aliphatic hydroxyl groups excluding tert-OH is 1. The van der Waals surface area contributed by atoms with E-state index in [1.807, 2.05) is 6.92 Å². The zero-order valence-electron chi connectivity index (χ0n) is 9.54. The van der Waals surface area contributed by atoms with Crippen molar-refractivity contribution in [3.63, 3.8) is 0 Å². The average Bonchev–Trinajstić information content (AvgIpc) is 2.15. The van der Waals surface area contributed by atoms with Gasteiger partial charge in [-0.25, -0.2) is 0 Å². The van der Waals surface area contributed by atoms with Crippen molar-refractivity contribution in [3.8, 4) is 0 Å². The lowest BCUT2D eigenvalue weighted by Gasteiger charge is -2.19. The quantitative estimate of drug-likeness (QED) is 0.763. The summed E-state index contributed by atoms with van der Waals surface area (Å²) in [6, 6.07) is 8.53. The predicted octanol–water partition coefficient (Wildman–Crippen LogP) is 3.08. The molecule has 0 heterocycles. The summed E-state index contributed by atoms with van der Waals surface area (Å²) in [4.78, 5) is 0. The lowest BCUT2D eigenvalue weighted by atomic mass is 9.86. The molecule has 0 bridgehead atoms. The fourth-order valence-corrected chi connectivity index (χ4v) is 1.42. The maximum Gasteiger partial charge on any atom is 0.0497 e. The standard InChI is InChI=1S/C13H20O/c1-10(9-14)11-5-7-12(8-6-11)13(2,3)4/h5-8,10,14H,9H2,1-4H3/t10-/m0/s1. The van der Waals surface area contributed by atoms with Crippen LogP contribution in [0.1, 0.15) is 44.7 Å². The molecule has 78 valence electrons. The van der Waals surface area contributed by atoms with E-state index in [4.69, 9.17) is 5.11 Å².